The first-order valence-electron chi connectivity index (χ1n) is 10.6. The molecule has 0 spiro atoms. The maximum atomic E-state index is 13.0. The molecule has 33 heavy (non-hydrogen) atoms. The van der Waals surface area contributed by atoms with Crippen molar-refractivity contribution < 1.29 is 34.1 Å². The molecule has 3 rings (SSSR count). The lowest BCUT2D eigenvalue weighted by Crippen LogP contribution is -2.81. The third-order valence-corrected chi connectivity index (χ3v) is 7.27. The number of esters is 1. The van der Waals surface area contributed by atoms with Crippen molar-refractivity contribution >= 4 is 35.5 Å². The lowest BCUT2D eigenvalue weighted by atomic mass is 9.81. The molecule has 1 aromatic carbocycles. The maximum Gasteiger partial charge on any atom is 0.360 e. The van der Waals surface area contributed by atoms with Crippen LogP contribution in [0.3, 0.4) is 0 Å². The zero-order valence-electron chi connectivity index (χ0n) is 18.7. The van der Waals surface area contributed by atoms with Crippen LogP contribution in [-0.2, 0) is 30.3 Å². The van der Waals surface area contributed by atoms with Crippen molar-refractivity contribution in [3.63, 3.8) is 0 Å². The minimum Gasteiger partial charge on any atom is -0.481 e. The number of carbonyl (C=O) groups excluding carboxylic acids is 3. The Labute approximate surface area is 196 Å². The van der Waals surface area contributed by atoms with Crippen LogP contribution in [0.1, 0.15) is 26.3 Å². The number of aliphatic carboxylic acids is 1. The number of rotatable bonds is 8. The van der Waals surface area contributed by atoms with E-state index in [9.17, 15) is 29.4 Å². The summed E-state index contributed by atoms with van der Waals surface area (Å²) in [6.45, 7) is 4.89. The van der Waals surface area contributed by atoms with Gasteiger partial charge in [-0.05, 0) is 25.5 Å². The van der Waals surface area contributed by atoms with Gasteiger partial charge in [0.15, 0.2) is 0 Å². The van der Waals surface area contributed by atoms with Gasteiger partial charge in [0.25, 0.3) is 5.91 Å². The van der Waals surface area contributed by atoms with Crippen molar-refractivity contribution in [1.82, 2.24) is 10.2 Å². The first kappa shape index (κ1) is 24.8. The number of nitrogens with zero attached hydrogens (tertiary/aromatic N) is 1. The predicted molar refractivity (Wildman–Crippen MR) is 121 cm³/mol. The quantitative estimate of drug-likeness (QED) is 0.289. The van der Waals surface area contributed by atoms with Crippen LogP contribution >= 0.6 is 11.8 Å². The largest absolute Gasteiger partial charge is 0.481 e. The van der Waals surface area contributed by atoms with Crippen molar-refractivity contribution in [1.29, 1.82) is 0 Å². The van der Waals surface area contributed by atoms with Gasteiger partial charge in [0.1, 0.15) is 18.0 Å². The number of hydrogen-bond donors (Lipinski definition) is 3. The van der Waals surface area contributed by atoms with Crippen LogP contribution in [0.15, 0.2) is 42.0 Å². The highest BCUT2D eigenvalue weighted by Gasteiger charge is 2.67. The molecular formula is C23H28N2O7S. The van der Waals surface area contributed by atoms with Gasteiger partial charge in [-0.3, -0.25) is 19.3 Å². The molecule has 2 fully saturated rings. The molecule has 3 N–H and O–H groups in total. The fourth-order valence-corrected chi connectivity index (χ4v) is 5.65. The topological polar surface area (TPSA) is 133 Å². The fraction of sp³-hybridized carbons (Fsp3) is 0.478. The van der Waals surface area contributed by atoms with Gasteiger partial charge < -0.3 is 20.3 Å². The third-order valence-electron chi connectivity index (χ3n) is 5.90. The summed E-state index contributed by atoms with van der Waals surface area (Å²) in [5.74, 6) is -5.39. The first-order valence-corrected chi connectivity index (χ1v) is 11.7. The maximum absolute atomic E-state index is 13.0. The number of carbonyl (C=O) groups is 4. The number of thioether (sulfide) groups is 1. The smallest absolute Gasteiger partial charge is 0.360 e. The molecule has 0 aliphatic carbocycles. The fourth-order valence-electron chi connectivity index (χ4n) is 3.94. The number of nitrogens with one attached hydrogen (secondary N) is 1. The summed E-state index contributed by atoms with van der Waals surface area (Å²) in [7, 11) is 0. The van der Waals surface area contributed by atoms with E-state index in [1.807, 2.05) is 19.9 Å². The van der Waals surface area contributed by atoms with Crippen molar-refractivity contribution in [2.24, 2.45) is 11.8 Å². The molecule has 2 aliphatic heterocycles. The van der Waals surface area contributed by atoms with Gasteiger partial charge in [-0.15, -0.1) is 11.8 Å². The molecule has 10 heteroatoms. The van der Waals surface area contributed by atoms with Crippen molar-refractivity contribution in [2.45, 2.75) is 44.3 Å². The number of amides is 2. The first-order chi connectivity index (χ1) is 15.6. The molecule has 0 bridgehead atoms. The van der Waals surface area contributed by atoms with Crippen LogP contribution in [0.2, 0.25) is 0 Å². The van der Waals surface area contributed by atoms with E-state index in [4.69, 9.17) is 4.74 Å². The number of ether oxygens (including phenoxy) is 1. The molecule has 1 aromatic rings. The number of fused-ring (bicyclic) bond motifs is 1. The van der Waals surface area contributed by atoms with E-state index < -0.39 is 46.8 Å². The summed E-state index contributed by atoms with van der Waals surface area (Å²) in [6, 6.07) is 8.11. The van der Waals surface area contributed by atoms with Gasteiger partial charge in [-0.2, -0.15) is 0 Å². The summed E-state index contributed by atoms with van der Waals surface area (Å²) in [4.78, 5) is 51.0. The van der Waals surface area contributed by atoms with Gasteiger partial charge in [-0.1, -0.05) is 42.8 Å². The SMILES string of the molecule is CC(C)=CCOC(=O)[C@]1(O)[C@@H]([C@H](C)C(=O)O)CS[C@@H]2[C@H](NC(=O)Cc3ccccc3)C(=O)N21. The van der Waals surface area contributed by atoms with Crippen LogP contribution in [0, 0.1) is 11.8 Å². The van der Waals surface area contributed by atoms with E-state index in [1.54, 1.807) is 30.3 Å². The van der Waals surface area contributed by atoms with Crippen LogP contribution in [-0.4, -0.2) is 68.4 Å². The second kappa shape index (κ2) is 9.96. The van der Waals surface area contributed by atoms with Gasteiger partial charge in [-0.25, -0.2) is 4.79 Å². The van der Waals surface area contributed by atoms with E-state index in [1.165, 1.54) is 18.7 Å². The lowest BCUT2D eigenvalue weighted by molar-refractivity contribution is -0.225. The van der Waals surface area contributed by atoms with Crippen LogP contribution < -0.4 is 5.32 Å². The number of aliphatic hydroxyl groups is 1. The van der Waals surface area contributed by atoms with Gasteiger partial charge in [0, 0.05) is 11.7 Å². The summed E-state index contributed by atoms with van der Waals surface area (Å²) in [5.41, 5.74) is -0.769. The summed E-state index contributed by atoms with van der Waals surface area (Å²) in [5, 5.41) is 22.9. The zero-order valence-corrected chi connectivity index (χ0v) is 19.5. The molecule has 0 saturated carbocycles. The van der Waals surface area contributed by atoms with Gasteiger partial charge >= 0.3 is 11.9 Å². The Morgan fingerprint density at radius 2 is 1.97 bits per heavy atom. The third kappa shape index (κ3) is 4.91. The van der Waals surface area contributed by atoms with E-state index in [0.717, 1.165) is 16.0 Å². The Hall–Kier alpha value is -2.85. The summed E-state index contributed by atoms with van der Waals surface area (Å²) in [6.07, 6.45) is 1.71. The van der Waals surface area contributed by atoms with E-state index in [2.05, 4.69) is 5.32 Å². The molecule has 2 heterocycles. The Balaban J connectivity index is 1.79. The number of β-lactam (4-membered cyclic amide) rings is 1. The molecule has 9 nitrogen and oxygen atoms in total. The monoisotopic (exact) mass is 476 g/mol. The zero-order chi connectivity index (χ0) is 24.3. The standard InChI is InChI=1S/C23H28N2O7S/c1-13(2)9-10-32-22(30)23(31)16(14(3)21(28)29)12-33-20-18(19(27)25(20)23)24-17(26)11-15-7-5-4-6-8-15/h4-9,14,16,18,20,31H,10-12H2,1-3H3,(H,24,26)(H,28,29)/t14-,16+,18+,20+,23+/m0/s1. The molecule has 178 valence electrons. The van der Waals surface area contributed by atoms with E-state index in [0.29, 0.717) is 0 Å². The lowest BCUT2D eigenvalue weighted by Gasteiger charge is -2.58. The minimum absolute atomic E-state index is 0.0791. The number of benzene rings is 1. The second-order valence-electron chi connectivity index (χ2n) is 8.48. The van der Waals surface area contributed by atoms with Crippen molar-refractivity contribution in [2.75, 3.05) is 12.4 Å². The van der Waals surface area contributed by atoms with E-state index >= 15 is 0 Å². The summed E-state index contributed by atoms with van der Waals surface area (Å²) >= 11 is 1.22. The molecular weight excluding hydrogens is 448 g/mol. The van der Waals surface area contributed by atoms with Crippen molar-refractivity contribution in [3.05, 3.63) is 47.5 Å². The molecule has 0 unspecified atom stereocenters. The van der Waals surface area contributed by atoms with Gasteiger partial charge in [0.05, 0.1) is 12.3 Å². The number of allylic oxidation sites excluding steroid dienone is 1. The minimum atomic E-state index is -2.44. The molecule has 2 amide bonds. The Morgan fingerprint density at radius 1 is 1.30 bits per heavy atom. The number of hydrogen-bond acceptors (Lipinski definition) is 7. The molecule has 0 aromatic heterocycles. The van der Waals surface area contributed by atoms with Gasteiger partial charge in [0.2, 0.25) is 11.6 Å². The Bertz CT molecular complexity index is 963. The van der Waals surface area contributed by atoms with Crippen molar-refractivity contribution in [3.8, 4) is 0 Å². The Kier molecular flexibility index (Phi) is 7.48. The predicted octanol–water partition coefficient (Wildman–Crippen LogP) is 1.16. The van der Waals surface area contributed by atoms with Crippen LogP contribution in [0.5, 0.6) is 0 Å². The molecule has 2 aliphatic rings. The average molecular weight is 477 g/mol. The number of carboxylic acid groups (broad SMARTS) is 1. The van der Waals surface area contributed by atoms with Crippen LogP contribution in [0.25, 0.3) is 0 Å². The molecule has 5 atom stereocenters. The number of carboxylic acids is 1. The second-order valence-corrected chi connectivity index (χ2v) is 9.63. The average Bonchev–Trinajstić information content (AvgIpc) is 2.76. The summed E-state index contributed by atoms with van der Waals surface area (Å²) < 4.78 is 5.20. The molecule has 0 radical (unpaired) electrons. The highest BCUT2D eigenvalue weighted by molar-refractivity contribution is 8.00. The highest BCUT2D eigenvalue weighted by Crippen LogP contribution is 2.48. The highest BCUT2D eigenvalue weighted by atomic mass is 32.2. The normalized spacial score (nSPS) is 27.0. The van der Waals surface area contributed by atoms with Crippen LogP contribution in [0.4, 0.5) is 0 Å². The van der Waals surface area contributed by atoms with E-state index in [-0.39, 0.29) is 24.7 Å². The Morgan fingerprint density at radius 3 is 2.58 bits per heavy atom. The molecule has 2 saturated heterocycles.